The Labute approximate surface area is 119 Å². The lowest BCUT2D eigenvalue weighted by Crippen LogP contribution is -2.22. The number of aryl methyl sites for hydroxylation is 1. The second-order valence-electron chi connectivity index (χ2n) is 4.61. The fraction of sp³-hybridized carbons (Fsp3) is 0.308. The summed E-state index contributed by atoms with van der Waals surface area (Å²) < 4.78 is 27.1. The number of nitrogens with zero attached hydrogens (tertiary/aromatic N) is 3. The Kier molecular flexibility index (Phi) is 4.10. The van der Waals surface area contributed by atoms with E-state index in [1.807, 2.05) is 19.2 Å². The molecule has 2 rings (SSSR count). The van der Waals surface area contributed by atoms with Crippen molar-refractivity contribution in [3.63, 3.8) is 0 Å². The van der Waals surface area contributed by atoms with Crippen LogP contribution in [0.1, 0.15) is 5.69 Å². The van der Waals surface area contributed by atoms with Crippen molar-refractivity contribution in [3.05, 3.63) is 42.2 Å². The second-order valence-corrected chi connectivity index (χ2v) is 6.77. The van der Waals surface area contributed by atoms with E-state index in [1.165, 1.54) is 18.4 Å². The lowest BCUT2D eigenvalue weighted by atomic mass is 10.3. The summed E-state index contributed by atoms with van der Waals surface area (Å²) >= 11 is 0. The van der Waals surface area contributed by atoms with Gasteiger partial charge in [-0.1, -0.05) is 6.07 Å². The van der Waals surface area contributed by atoms with E-state index in [0.29, 0.717) is 6.54 Å². The van der Waals surface area contributed by atoms with Crippen LogP contribution in [-0.2, 0) is 23.6 Å². The molecule has 0 unspecified atom stereocenters. The molecule has 0 aliphatic carbocycles. The fourth-order valence-corrected chi connectivity index (χ4v) is 2.69. The zero-order valence-electron chi connectivity index (χ0n) is 11.7. The van der Waals surface area contributed by atoms with Gasteiger partial charge in [-0.2, -0.15) is 5.10 Å². The Morgan fingerprint density at radius 3 is 2.65 bits per heavy atom. The summed E-state index contributed by atoms with van der Waals surface area (Å²) in [7, 11) is 1.50. The predicted octanol–water partition coefficient (Wildman–Crippen LogP) is 1.28. The van der Waals surface area contributed by atoms with Crippen molar-refractivity contribution in [2.45, 2.75) is 11.4 Å². The molecule has 1 aromatic carbocycles. The number of aromatic nitrogens is 2. The third-order valence-corrected chi connectivity index (χ3v) is 4.82. The highest BCUT2D eigenvalue weighted by molar-refractivity contribution is 7.89. The zero-order chi connectivity index (χ0) is 14.8. The van der Waals surface area contributed by atoms with Crippen LogP contribution < -0.4 is 5.32 Å². The Bertz CT molecular complexity index is 692. The van der Waals surface area contributed by atoms with Gasteiger partial charge in [0.2, 0.25) is 10.0 Å². The molecule has 0 aliphatic rings. The van der Waals surface area contributed by atoms with Crippen molar-refractivity contribution in [1.82, 2.24) is 14.1 Å². The highest BCUT2D eigenvalue weighted by Crippen LogP contribution is 2.18. The molecular weight excluding hydrogens is 276 g/mol. The monoisotopic (exact) mass is 294 g/mol. The predicted molar refractivity (Wildman–Crippen MR) is 77.8 cm³/mol. The van der Waals surface area contributed by atoms with Gasteiger partial charge in [-0.05, 0) is 24.3 Å². The lowest BCUT2D eigenvalue weighted by Gasteiger charge is -2.13. The van der Waals surface area contributed by atoms with Gasteiger partial charge < -0.3 is 5.32 Å². The van der Waals surface area contributed by atoms with E-state index < -0.39 is 10.0 Å². The quantitative estimate of drug-likeness (QED) is 0.902. The summed E-state index contributed by atoms with van der Waals surface area (Å²) in [5.41, 5.74) is 1.78. The number of sulfonamides is 1. The van der Waals surface area contributed by atoms with E-state index in [-0.39, 0.29) is 4.90 Å². The van der Waals surface area contributed by atoms with Crippen LogP contribution in [0, 0.1) is 0 Å². The topological polar surface area (TPSA) is 67.2 Å². The molecule has 0 bridgehead atoms. The van der Waals surface area contributed by atoms with Gasteiger partial charge in [0, 0.05) is 33.0 Å². The first kappa shape index (κ1) is 14.5. The highest BCUT2D eigenvalue weighted by atomic mass is 32.2. The van der Waals surface area contributed by atoms with E-state index in [1.54, 1.807) is 29.1 Å². The molecule has 108 valence electrons. The molecule has 0 radical (unpaired) electrons. The number of benzene rings is 1. The summed E-state index contributed by atoms with van der Waals surface area (Å²) in [4.78, 5) is 0.275. The third-order valence-electron chi connectivity index (χ3n) is 3.01. The van der Waals surface area contributed by atoms with Crippen LogP contribution >= 0.6 is 0 Å². The molecular formula is C13H18N4O2S. The van der Waals surface area contributed by atoms with Crippen LogP contribution in [0.25, 0.3) is 0 Å². The average molecular weight is 294 g/mol. The van der Waals surface area contributed by atoms with Crippen LogP contribution in [0.4, 0.5) is 5.69 Å². The van der Waals surface area contributed by atoms with Crippen LogP contribution in [0.2, 0.25) is 0 Å². The smallest absolute Gasteiger partial charge is 0.242 e. The van der Waals surface area contributed by atoms with Gasteiger partial charge >= 0.3 is 0 Å². The van der Waals surface area contributed by atoms with Crippen molar-refractivity contribution in [2.24, 2.45) is 7.05 Å². The Morgan fingerprint density at radius 1 is 1.30 bits per heavy atom. The number of hydrogen-bond donors (Lipinski definition) is 1. The number of anilines is 1. The Hall–Kier alpha value is -1.86. The van der Waals surface area contributed by atoms with Gasteiger partial charge in [-0.3, -0.25) is 4.68 Å². The fourth-order valence-electron chi connectivity index (χ4n) is 1.74. The molecule has 1 aromatic heterocycles. The van der Waals surface area contributed by atoms with Gasteiger partial charge in [0.15, 0.2) is 0 Å². The summed E-state index contributed by atoms with van der Waals surface area (Å²) in [6.07, 6.45) is 1.73. The zero-order valence-corrected chi connectivity index (χ0v) is 12.6. The number of hydrogen-bond acceptors (Lipinski definition) is 4. The molecule has 1 heterocycles. The Morgan fingerprint density at radius 2 is 2.05 bits per heavy atom. The van der Waals surface area contributed by atoms with E-state index >= 15 is 0 Å². The molecule has 0 aliphatic heterocycles. The Balaban J connectivity index is 2.17. The first-order chi connectivity index (χ1) is 9.41. The molecule has 0 fully saturated rings. The van der Waals surface area contributed by atoms with Gasteiger partial charge in [-0.15, -0.1) is 0 Å². The molecule has 1 N–H and O–H groups in total. The van der Waals surface area contributed by atoms with Crippen molar-refractivity contribution in [1.29, 1.82) is 0 Å². The van der Waals surface area contributed by atoms with E-state index in [9.17, 15) is 8.42 Å². The van der Waals surface area contributed by atoms with Gasteiger partial charge in [0.1, 0.15) is 0 Å². The van der Waals surface area contributed by atoms with Crippen molar-refractivity contribution >= 4 is 15.7 Å². The van der Waals surface area contributed by atoms with Gasteiger partial charge in [0.25, 0.3) is 0 Å². The minimum Gasteiger partial charge on any atom is -0.379 e. The number of rotatable bonds is 5. The van der Waals surface area contributed by atoms with E-state index in [2.05, 4.69) is 10.4 Å². The van der Waals surface area contributed by atoms with Crippen molar-refractivity contribution in [3.8, 4) is 0 Å². The van der Waals surface area contributed by atoms with Crippen LogP contribution in [0.15, 0.2) is 41.4 Å². The third kappa shape index (κ3) is 3.00. The molecule has 20 heavy (non-hydrogen) atoms. The van der Waals surface area contributed by atoms with Crippen molar-refractivity contribution < 1.29 is 8.42 Å². The molecule has 7 heteroatoms. The van der Waals surface area contributed by atoms with Gasteiger partial charge in [-0.25, -0.2) is 12.7 Å². The second kappa shape index (κ2) is 5.64. The molecule has 2 aromatic rings. The molecule has 0 saturated heterocycles. The highest BCUT2D eigenvalue weighted by Gasteiger charge is 2.17. The maximum atomic E-state index is 12.1. The first-order valence-electron chi connectivity index (χ1n) is 6.14. The number of nitrogens with one attached hydrogen (secondary N) is 1. The SMILES string of the molecule is CN(C)S(=O)(=O)c1cccc(NCc2ccnn2C)c1. The maximum Gasteiger partial charge on any atom is 0.242 e. The van der Waals surface area contributed by atoms with Gasteiger partial charge in [0.05, 0.1) is 17.1 Å². The molecule has 0 spiro atoms. The van der Waals surface area contributed by atoms with Crippen LogP contribution in [0.3, 0.4) is 0 Å². The summed E-state index contributed by atoms with van der Waals surface area (Å²) in [6.45, 7) is 0.585. The average Bonchev–Trinajstić information content (AvgIpc) is 2.82. The largest absolute Gasteiger partial charge is 0.379 e. The molecule has 0 atom stereocenters. The first-order valence-corrected chi connectivity index (χ1v) is 7.58. The standard InChI is InChI=1S/C13H18N4O2S/c1-16(2)20(18,19)13-6-4-5-11(9-13)14-10-12-7-8-15-17(12)3/h4-9,14H,10H2,1-3H3. The minimum absolute atomic E-state index is 0.275. The van der Waals surface area contributed by atoms with Crippen LogP contribution in [-0.4, -0.2) is 36.6 Å². The summed E-state index contributed by atoms with van der Waals surface area (Å²) in [5.74, 6) is 0. The lowest BCUT2D eigenvalue weighted by molar-refractivity contribution is 0.521. The van der Waals surface area contributed by atoms with E-state index in [0.717, 1.165) is 11.4 Å². The van der Waals surface area contributed by atoms with Crippen molar-refractivity contribution in [2.75, 3.05) is 19.4 Å². The maximum absolute atomic E-state index is 12.1. The van der Waals surface area contributed by atoms with Crippen LogP contribution in [0.5, 0.6) is 0 Å². The summed E-state index contributed by atoms with van der Waals surface area (Å²) in [6, 6.07) is 8.69. The normalized spacial score (nSPS) is 11.8. The molecule has 6 nitrogen and oxygen atoms in total. The summed E-state index contributed by atoms with van der Waals surface area (Å²) in [5, 5.41) is 7.28. The molecule has 0 amide bonds. The minimum atomic E-state index is -3.40. The van der Waals surface area contributed by atoms with E-state index in [4.69, 9.17) is 0 Å². The molecule has 0 saturated carbocycles.